The van der Waals surface area contributed by atoms with E-state index in [0.717, 1.165) is 42.9 Å². The van der Waals surface area contributed by atoms with Gasteiger partial charge in [0.25, 0.3) is 0 Å². The fourth-order valence-electron chi connectivity index (χ4n) is 2.35. The first kappa shape index (κ1) is 14.8. The average molecular weight is 328 g/mol. The Hall–Kier alpha value is -0.620. The van der Waals surface area contributed by atoms with Gasteiger partial charge in [0.05, 0.1) is 7.11 Å². The van der Waals surface area contributed by atoms with Crippen LogP contribution in [0.15, 0.2) is 22.7 Å². The number of likely N-dealkylation sites (N-methyl/N-ethyl adjacent to an activating group) is 1. The Morgan fingerprint density at radius 2 is 2.37 bits per heavy atom. The molecule has 1 aromatic carbocycles. The first-order valence-electron chi connectivity index (χ1n) is 6.65. The van der Waals surface area contributed by atoms with Crippen molar-refractivity contribution in [2.75, 3.05) is 40.3 Å². The molecule has 1 heterocycles. The maximum atomic E-state index is 5.38. The summed E-state index contributed by atoms with van der Waals surface area (Å²) in [5, 5.41) is 6.95. The van der Waals surface area contributed by atoms with Crippen LogP contribution in [0.2, 0.25) is 0 Å². The van der Waals surface area contributed by atoms with Crippen molar-refractivity contribution in [2.24, 2.45) is 0 Å². The summed E-state index contributed by atoms with van der Waals surface area (Å²) >= 11 is 3.50. The summed E-state index contributed by atoms with van der Waals surface area (Å²) in [4.78, 5) is 2.40. The molecule has 19 heavy (non-hydrogen) atoms. The van der Waals surface area contributed by atoms with Gasteiger partial charge in [0.2, 0.25) is 0 Å². The van der Waals surface area contributed by atoms with Gasteiger partial charge in [0.15, 0.2) is 0 Å². The van der Waals surface area contributed by atoms with Gasteiger partial charge in [-0.3, -0.25) is 4.90 Å². The van der Waals surface area contributed by atoms with E-state index >= 15 is 0 Å². The molecule has 0 radical (unpaired) electrons. The lowest BCUT2D eigenvalue weighted by Crippen LogP contribution is -2.53. The number of ether oxygens (including phenoxy) is 1. The van der Waals surface area contributed by atoms with E-state index in [0.29, 0.717) is 6.04 Å². The molecule has 1 aliphatic rings. The molecule has 1 fully saturated rings. The molecule has 0 bridgehead atoms. The predicted octanol–water partition coefficient (Wildman–Crippen LogP) is 1.45. The second-order valence-electron chi connectivity index (χ2n) is 4.93. The zero-order valence-corrected chi connectivity index (χ0v) is 13.2. The molecule has 1 aliphatic heterocycles. The van der Waals surface area contributed by atoms with E-state index in [1.54, 1.807) is 7.11 Å². The number of hydrogen-bond acceptors (Lipinski definition) is 4. The minimum absolute atomic E-state index is 0.562. The van der Waals surface area contributed by atoms with Gasteiger partial charge in [-0.25, -0.2) is 0 Å². The lowest BCUT2D eigenvalue weighted by atomic mass is 10.1. The molecule has 2 rings (SSSR count). The number of benzene rings is 1. The van der Waals surface area contributed by atoms with Gasteiger partial charge < -0.3 is 15.4 Å². The largest absolute Gasteiger partial charge is 0.496 e. The molecule has 106 valence electrons. The van der Waals surface area contributed by atoms with Crippen LogP contribution >= 0.6 is 15.9 Å². The minimum Gasteiger partial charge on any atom is -0.496 e. The molecule has 5 heteroatoms. The molecule has 1 saturated heterocycles. The summed E-state index contributed by atoms with van der Waals surface area (Å²) in [6.45, 7) is 5.07. The standard InChI is InChI=1S/C14H22BrN3O/c1-18-6-5-16-9-13(18)10-17-8-11-7-12(15)3-4-14(11)19-2/h3-4,7,13,16-17H,5-6,8-10H2,1-2H3. The maximum absolute atomic E-state index is 5.38. The average Bonchev–Trinajstić information content (AvgIpc) is 2.41. The zero-order chi connectivity index (χ0) is 13.7. The van der Waals surface area contributed by atoms with Gasteiger partial charge in [-0.1, -0.05) is 15.9 Å². The molecule has 0 amide bonds. The molecular weight excluding hydrogens is 306 g/mol. The number of halogens is 1. The van der Waals surface area contributed by atoms with Gasteiger partial charge in [-0.05, 0) is 25.2 Å². The first-order valence-corrected chi connectivity index (χ1v) is 7.44. The zero-order valence-electron chi connectivity index (χ0n) is 11.6. The van der Waals surface area contributed by atoms with Crippen LogP contribution in [0.1, 0.15) is 5.56 Å². The molecule has 2 N–H and O–H groups in total. The summed E-state index contributed by atoms with van der Waals surface area (Å²) in [6, 6.07) is 6.66. The van der Waals surface area contributed by atoms with Crippen molar-refractivity contribution in [2.45, 2.75) is 12.6 Å². The SMILES string of the molecule is COc1ccc(Br)cc1CNCC1CNCCN1C. The summed E-state index contributed by atoms with van der Waals surface area (Å²) < 4.78 is 6.47. The first-order chi connectivity index (χ1) is 9.20. The van der Waals surface area contributed by atoms with Crippen molar-refractivity contribution >= 4 is 15.9 Å². The van der Waals surface area contributed by atoms with Gasteiger partial charge >= 0.3 is 0 Å². The van der Waals surface area contributed by atoms with Crippen molar-refractivity contribution in [1.82, 2.24) is 15.5 Å². The normalized spacial score (nSPS) is 20.5. The van der Waals surface area contributed by atoms with Crippen molar-refractivity contribution < 1.29 is 4.74 Å². The lowest BCUT2D eigenvalue weighted by molar-refractivity contribution is 0.195. The third-order valence-electron chi connectivity index (χ3n) is 3.58. The second kappa shape index (κ2) is 7.24. The highest BCUT2D eigenvalue weighted by atomic mass is 79.9. The smallest absolute Gasteiger partial charge is 0.123 e. The topological polar surface area (TPSA) is 36.5 Å². The molecule has 4 nitrogen and oxygen atoms in total. The number of hydrogen-bond donors (Lipinski definition) is 2. The second-order valence-corrected chi connectivity index (χ2v) is 5.84. The maximum Gasteiger partial charge on any atom is 0.123 e. The Labute approximate surface area is 123 Å². The molecule has 1 aromatic rings. The van der Waals surface area contributed by atoms with E-state index in [9.17, 15) is 0 Å². The quantitative estimate of drug-likeness (QED) is 0.858. The van der Waals surface area contributed by atoms with Crippen LogP contribution in [0.25, 0.3) is 0 Å². The molecule has 0 spiro atoms. The Kier molecular flexibility index (Phi) is 5.63. The van der Waals surface area contributed by atoms with E-state index in [4.69, 9.17) is 4.74 Å². The van der Waals surface area contributed by atoms with E-state index in [1.165, 1.54) is 5.56 Å². The Morgan fingerprint density at radius 1 is 1.53 bits per heavy atom. The van der Waals surface area contributed by atoms with Gasteiger partial charge in [-0.15, -0.1) is 0 Å². The van der Waals surface area contributed by atoms with Crippen LogP contribution in [0.5, 0.6) is 5.75 Å². The number of methoxy groups -OCH3 is 1. The summed E-state index contributed by atoms with van der Waals surface area (Å²) in [5.41, 5.74) is 1.18. The number of piperazine rings is 1. The molecule has 1 atom stereocenters. The minimum atomic E-state index is 0.562. The molecule has 0 aliphatic carbocycles. The van der Waals surface area contributed by atoms with Crippen LogP contribution in [-0.4, -0.2) is 51.3 Å². The highest BCUT2D eigenvalue weighted by Crippen LogP contribution is 2.22. The van der Waals surface area contributed by atoms with Crippen LogP contribution in [0.4, 0.5) is 0 Å². The van der Waals surface area contributed by atoms with Crippen molar-refractivity contribution in [3.05, 3.63) is 28.2 Å². The molecule has 0 saturated carbocycles. The van der Waals surface area contributed by atoms with Crippen LogP contribution in [0.3, 0.4) is 0 Å². The fraction of sp³-hybridized carbons (Fsp3) is 0.571. The predicted molar refractivity (Wildman–Crippen MR) is 81.7 cm³/mol. The monoisotopic (exact) mass is 327 g/mol. The number of nitrogens with one attached hydrogen (secondary N) is 2. The fourth-order valence-corrected chi connectivity index (χ4v) is 2.76. The van der Waals surface area contributed by atoms with Gasteiger partial charge in [0.1, 0.15) is 5.75 Å². The highest BCUT2D eigenvalue weighted by Gasteiger charge is 2.17. The number of nitrogens with zero attached hydrogens (tertiary/aromatic N) is 1. The van der Waals surface area contributed by atoms with Gasteiger partial charge in [0, 0.05) is 48.8 Å². The Bertz CT molecular complexity index is 414. The van der Waals surface area contributed by atoms with Crippen LogP contribution in [-0.2, 0) is 6.54 Å². The third kappa shape index (κ3) is 4.18. The van der Waals surface area contributed by atoms with E-state index in [-0.39, 0.29) is 0 Å². The van der Waals surface area contributed by atoms with Crippen LogP contribution in [0, 0.1) is 0 Å². The van der Waals surface area contributed by atoms with Crippen molar-refractivity contribution in [3.63, 3.8) is 0 Å². The molecule has 0 aromatic heterocycles. The summed E-state index contributed by atoms with van der Waals surface area (Å²) in [6.07, 6.45) is 0. The third-order valence-corrected chi connectivity index (χ3v) is 4.08. The molecular formula is C14H22BrN3O. The summed E-state index contributed by atoms with van der Waals surface area (Å²) in [7, 11) is 3.90. The molecule has 1 unspecified atom stereocenters. The Balaban J connectivity index is 1.86. The van der Waals surface area contributed by atoms with E-state index in [1.807, 2.05) is 12.1 Å². The van der Waals surface area contributed by atoms with Crippen molar-refractivity contribution in [3.8, 4) is 5.75 Å². The van der Waals surface area contributed by atoms with Crippen LogP contribution < -0.4 is 15.4 Å². The summed E-state index contributed by atoms with van der Waals surface area (Å²) in [5.74, 6) is 0.936. The van der Waals surface area contributed by atoms with Gasteiger partial charge in [-0.2, -0.15) is 0 Å². The Morgan fingerprint density at radius 3 is 3.11 bits per heavy atom. The van der Waals surface area contributed by atoms with Crippen molar-refractivity contribution in [1.29, 1.82) is 0 Å². The van der Waals surface area contributed by atoms with E-state index < -0.39 is 0 Å². The number of rotatable bonds is 5. The highest BCUT2D eigenvalue weighted by molar-refractivity contribution is 9.10. The van der Waals surface area contributed by atoms with E-state index in [2.05, 4.69) is 44.6 Å². The lowest BCUT2D eigenvalue weighted by Gasteiger charge is -2.33.